The van der Waals surface area contributed by atoms with Gasteiger partial charge in [0.25, 0.3) is 0 Å². The summed E-state index contributed by atoms with van der Waals surface area (Å²) in [6.45, 7) is 0. The number of hydrogen-bond donors (Lipinski definition) is 0. The number of hydrogen-bond acceptors (Lipinski definition) is 3. The van der Waals surface area contributed by atoms with Crippen LogP contribution in [0.5, 0.6) is 5.75 Å². The average Bonchev–Trinajstić information content (AvgIpc) is 2.65. The predicted molar refractivity (Wildman–Crippen MR) is 60.8 cm³/mol. The molecule has 0 radical (unpaired) electrons. The van der Waals surface area contributed by atoms with Gasteiger partial charge in [-0.2, -0.15) is 0 Å². The molecule has 0 saturated heterocycles. The first-order chi connectivity index (χ1) is 8.08. The van der Waals surface area contributed by atoms with Crippen molar-refractivity contribution in [1.82, 2.24) is 4.57 Å². The van der Waals surface area contributed by atoms with Crippen LogP contribution in [0.3, 0.4) is 0 Å². The van der Waals surface area contributed by atoms with Crippen LogP contribution in [-0.4, -0.2) is 24.8 Å². The van der Waals surface area contributed by atoms with Gasteiger partial charge in [0.15, 0.2) is 0 Å². The average molecular weight is 237 g/mol. The van der Waals surface area contributed by atoms with Gasteiger partial charge in [0.2, 0.25) is 0 Å². The molecule has 0 N–H and O–H groups in total. The molecule has 0 bridgehead atoms. The van der Waals surface area contributed by atoms with Gasteiger partial charge < -0.3 is 14.0 Å². The molecule has 1 aromatic heterocycles. The van der Waals surface area contributed by atoms with Crippen molar-refractivity contribution in [2.24, 2.45) is 7.05 Å². The van der Waals surface area contributed by atoms with Gasteiger partial charge in [0.05, 0.1) is 19.7 Å². The Labute approximate surface area is 97.5 Å². The Bertz CT molecular complexity index is 589. The van der Waals surface area contributed by atoms with Crippen molar-refractivity contribution in [3.05, 3.63) is 29.7 Å². The highest BCUT2D eigenvalue weighted by Gasteiger charge is 2.16. The van der Waals surface area contributed by atoms with Crippen LogP contribution in [-0.2, 0) is 11.8 Å². The summed E-state index contributed by atoms with van der Waals surface area (Å²) in [6.07, 6.45) is 0. The molecule has 0 saturated carbocycles. The zero-order valence-corrected chi connectivity index (χ0v) is 9.78. The van der Waals surface area contributed by atoms with E-state index in [4.69, 9.17) is 4.74 Å². The van der Waals surface area contributed by atoms with Crippen molar-refractivity contribution >= 4 is 16.9 Å². The molecule has 17 heavy (non-hydrogen) atoms. The Hall–Kier alpha value is -2.04. The highest BCUT2D eigenvalue weighted by molar-refractivity contribution is 5.97. The molecule has 2 rings (SSSR count). The highest BCUT2D eigenvalue weighted by Crippen LogP contribution is 2.29. The first kappa shape index (κ1) is 11.4. The molecule has 0 amide bonds. The Morgan fingerprint density at radius 1 is 1.29 bits per heavy atom. The van der Waals surface area contributed by atoms with E-state index < -0.39 is 11.8 Å². The Kier molecular flexibility index (Phi) is 2.75. The number of benzene rings is 1. The minimum atomic E-state index is -0.467. The number of methoxy groups -OCH3 is 2. The second-order valence-electron chi connectivity index (χ2n) is 3.62. The van der Waals surface area contributed by atoms with Gasteiger partial charge in [-0.15, -0.1) is 0 Å². The van der Waals surface area contributed by atoms with Crippen LogP contribution in [0.15, 0.2) is 18.2 Å². The maximum Gasteiger partial charge on any atom is 0.354 e. The molecule has 1 aromatic carbocycles. The van der Waals surface area contributed by atoms with Gasteiger partial charge in [0, 0.05) is 18.5 Å². The highest BCUT2D eigenvalue weighted by atomic mass is 19.1. The van der Waals surface area contributed by atoms with Crippen LogP contribution in [0.4, 0.5) is 4.39 Å². The number of aromatic nitrogens is 1. The fraction of sp³-hybridized carbons (Fsp3) is 0.250. The van der Waals surface area contributed by atoms with Gasteiger partial charge in [-0.3, -0.25) is 0 Å². The maximum atomic E-state index is 13.3. The first-order valence-electron chi connectivity index (χ1n) is 4.99. The SMILES string of the molecule is COC(=O)c1cc2c(OC)cc(F)cc2n1C. The van der Waals surface area contributed by atoms with Gasteiger partial charge in [-0.1, -0.05) is 0 Å². The lowest BCUT2D eigenvalue weighted by molar-refractivity contribution is 0.0590. The second kappa shape index (κ2) is 4.08. The second-order valence-corrected chi connectivity index (χ2v) is 3.62. The molecule has 90 valence electrons. The summed E-state index contributed by atoms with van der Waals surface area (Å²) in [5, 5.41) is 0.678. The number of fused-ring (bicyclic) bond motifs is 1. The predicted octanol–water partition coefficient (Wildman–Crippen LogP) is 2.11. The lowest BCUT2D eigenvalue weighted by Gasteiger charge is -2.04. The Balaban J connectivity index is 2.77. The summed E-state index contributed by atoms with van der Waals surface area (Å²) >= 11 is 0. The fourth-order valence-corrected chi connectivity index (χ4v) is 1.83. The molecule has 4 nitrogen and oxygen atoms in total. The number of rotatable bonds is 2. The van der Waals surface area contributed by atoms with E-state index in [-0.39, 0.29) is 0 Å². The molecule has 0 aliphatic carbocycles. The lowest BCUT2D eigenvalue weighted by Crippen LogP contribution is -2.06. The molecule has 0 atom stereocenters. The van der Waals surface area contributed by atoms with Crippen molar-refractivity contribution in [1.29, 1.82) is 0 Å². The molecule has 0 spiro atoms. The number of esters is 1. The van der Waals surface area contributed by atoms with Crippen LogP contribution in [0.2, 0.25) is 0 Å². The maximum absolute atomic E-state index is 13.3. The van der Waals surface area contributed by atoms with Crippen molar-refractivity contribution in [2.75, 3.05) is 14.2 Å². The molecule has 1 heterocycles. The third kappa shape index (κ3) is 1.73. The van der Waals surface area contributed by atoms with Crippen molar-refractivity contribution in [3.8, 4) is 5.75 Å². The van der Waals surface area contributed by atoms with Gasteiger partial charge >= 0.3 is 5.97 Å². The quantitative estimate of drug-likeness (QED) is 0.751. The zero-order chi connectivity index (χ0) is 12.6. The zero-order valence-electron chi connectivity index (χ0n) is 9.78. The summed E-state index contributed by atoms with van der Waals surface area (Å²) < 4.78 is 24.7. The van der Waals surface area contributed by atoms with Gasteiger partial charge in [-0.25, -0.2) is 9.18 Å². The molecule has 0 aliphatic rings. The molecule has 0 aliphatic heterocycles. The number of ether oxygens (including phenoxy) is 2. The summed E-state index contributed by atoms with van der Waals surface area (Å²) in [4.78, 5) is 11.5. The number of aryl methyl sites for hydroxylation is 1. The largest absolute Gasteiger partial charge is 0.496 e. The number of halogens is 1. The van der Waals surface area contributed by atoms with Crippen LogP contribution in [0, 0.1) is 5.82 Å². The third-order valence-corrected chi connectivity index (χ3v) is 2.70. The Morgan fingerprint density at radius 3 is 2.59 bits per heavy atom. The monoisotopic (exact) mass is 237 g/mol. The Morgan fingerprint density at radius 2 is 2.00 bits per heavy atom. The minimum absolute atomic E-state index is 0.353. The summed E-state index contributed by atoms with van der Waals surface area (Å²) in [7, 11) is 4.43. The number of carbonyl (C=O) groups is 1. The molecular weight excluding hydrogens is 225 g/mol. The van der Waals surface area contributed by atoms with E-state index in [9.17, 15) is 9.18 Å². The topological polar surface area (TPSA) is 40.5 Å². The van der Waals surface area contributed by atoms with Crippen molar-refractivity contribution in [3.63, 3.8) is 0 Å². The molecule has 0 unspecified atom stereocenters. The van der Waals surface area contributed by atoms with Crippen LogP contribution in [0.25, 0.3) is 10.9 Å². The first-order valence-corrected chi connectivity index (χ1v) is 4.99. The van der Waals surface area contributed by atoms with E-state index in [0.717, 1.165) is 0 Å². The smallest absolute Gasteiger partial charge is 0.354 e. The molecular formula is C12H12FNO3. The van der Waals surface area contributed by atoms with Gasteiger partial charge in [-0.05, 0) is 12.1 Å². The number of carbonyl (C=O) groups excluding carboxylic acids is 1. The summed E-state index contributed by atoms with van der Waals surface area (Å²) in [5.41, 5.74) is 0.939. The normalized spacial score (nSPS) is 10.6. The minimum Gasteiger partial charge on any atom is -0.496 e. The van der Waals surface area contributed by atoms with Crippen LogP contribution in [0.1, 0.15) is 10.5 Å². The lowest BCUT2D eigenvalue weighted by atomic mass is 10.2. The van der Waals surface area contributed by atoms with Crippen LogP contribution >= 0.6 is 0 Å². The van der Waals surface area contributed by atoms with Gasteiger partial charge in [0.1, 0.15) is 17.3 Å². The molecule has 0 fully saturated rings. The van der Waals surface area contributed by atoms with E-state index in [0.29, 0.717) is 22.3 Å². The standard InChI is InChI=1S/C12H12FNO3/c1-14-9-4-7(13)5-11(16-2)8(9)6-10(14)12(15)17-3/h4-6H,1-3H3. The van der Waals surface area contributed by atoms with E-state index in [1.165, 1.54) is 26.4 Å². The number of nitrogens with zero attached hydrogens (tertiary/aromatic N) is 1. The third-order valence-electron chi connectivity index (χ3n) is 2.70. The summed E-state index contributed by atoms with van der Waals surface area (Å²) in [5.74, 6) is -0.483. The van der Waals surface area contributed by atoms with Crippen molar-refractivity contribution in [2.45, 2.75) is 0 Å². The van der Waals surface area contributed by atoms with E-state index in [1.807, 2.05) is 0 Å². The van der Waals surface area contributed by atoms with E-state index in [1.54, 1.807) is 17.7 Å². The van der Waals surface area contributed by atoms with E-state index in [2.05, 4.69) is 4.74 Å². The fourth-order valence-electron chi connectivity index (χ4n) is 1.83. The summed E-state index contributed by atoms with van der Waals surface area (Å²) in [6, 6.07) is 4.26. The molecule has 5 heteroatoms. The van der Waals surface area contributed by atoms with Crippen molar-refractivity contribution < 1.29 is 18.7 Å². The van der Waals surface area contributed by atoms with Crippen LogP contribution < -0.4 is 4.74 Å². The van der Waals surface area contributed by atoms with E-state index >= 15 is 0 Å². The molecule has 2 aromatic rings.